The molecular weight excluding hydrogens is 302 g/mol. The predicted molar refractivity (Wildman–Crippen MR) is 92.5 cm³/mol. The van der Waals surface area contributed by atoms with Crippen LogP contribution >= 0.6 is 0 Å². The summed E-state index contributed by atoms with van der Waals surface area (Å²) in [4.78, 5) is 27.0. The van der Waals surface area contributed by atoms with Crippen molar-refractivity contribution in [2.75, 3.05) is 0 Å². The van der Waals surface area contributed by atoms with Crippen molar-refractivity contribution >= 4 is 11.9 Å². The van der Waals surface area contributed by atoms with Gasteiger partial charge in [0.25, 0.3) is 0 Å². The van der Waals surface area contributed by atoms with Gasteiger partial charge in [-0.2, -0.15) is 0 Å². The summed E-state index contributed by atoms with van der Waals surface area (Å²) in [6.45, 7) is 6.26. The van der Waals surface area contributed by atoms with E-state index < -0.39 is 0 Å². The molecule has 2 atom stereocenters. The monoisotopic (exact) mass is 329 g/mol. The number of Topliss-reactive ketones (excluding diaryl/α,β-unsaturated/α-hetero) is 1. The fraction of sp³-hybridized carbons (Fsp3) is 0.600. The van der Waals surface area contributed by atoms with E-state index >= 15 is 0 Å². The summed E-state index contributed by atoms with van der Waals surface area (Å²) in [5.74, 6) is 0.414. The van der Waals surface area contributed by atoms with Crippen LogP contribution in [0.5, 0.6) is 0 Å². The molecule has 0 aliphatic carbocycles. The molecule has 2 bridgehead atoms. The molecule has 2 fully saturated rings. The minimum Gasteiger partial charge on any atom is -0.445 e. The number of benzene rings is 1. The van der Waals surface area contributed by atoms with Gasteiger partial charge in [-0.1, -0.05) is 51.1 Å². The van der Waals surface area contributed by atoms with Gasteiger partial charge in [0, 0.05) is 23.4 Å². The summed E-state index contributed by atoms with van der Waals surface area (Å²) in [5, 5.41) is 0. The van der Waals surface area contributed by atoms with Crippen LogP contribution in [0, 0.1) is 11.3 Å². The molecule has 3 rings (SSSR count). The lowest BCUT2D eigenvalue weighted by molar-refractivity contribution is -0.132. The highest BCUT2D eigenvalue weighted by atomic mass is 16.6. The van der Waals surface area contributed by atoms with Gasteiger partial charge in [-0.05, 0) is 31.2 Å². The zero-order valence-corrected chi connectivity index (χ0v) is 14.8. The molecule has 0 N–H and O–H groups in total. The molecule has 24 heavy (non-hydrogen) atoms. The molecular formula is C20H27NO3. The van der Waals surface area contributed by atoms with Crippen molar-refractivity contribution in [3.63, 3.8) is 0 Å². The maximum atomic E-state index is 12.6. The van der Waals surface area contributed by atoms with E-state index in [1.165, 1.54) is 0 Å². The molecule has 130 valence electrons. The lowest BCUT2D eigenvalue weighted by atomic mass is 9.77. The van der Waals surface area contributed by atoms with Crippen molar-refractivity contribution in [1.29, 1.82) is 0 Å². The van der Waals surface area contributed by atoms with Gasteiger partial charge in [0.15, 0.2) is 0 Å². The van der Waals surface area contributed by atoms with Gasteiger partial charge in [0.1, 0.15) is 12.4 Å². The third kappa shape index (κ3) is 3.47. The highest BCUT2D eigenvalue weighted by Crippen LogP contribution is 2.41. The number of amides is 1. The van der Waals surface area contributed by atoms with Crippen molar-refractivity contribution in [1.82, 2.24) is 4.90 Å². The highest BCUT2D eigenvalue weighted by Gasteiger charge is 2.47. The Hall–Kier alpha value is -1.84. The summed E-state index contributed by atoms with van der Waals surface area (Å²) in [6, 6.07) is 10.0. The molecule has 1 aromatic rings. The fourth-order valence-corrected chi connectivity index (χ4v) is 4.10. The Labute approximate surface area is 144 Å². The Bertz CT molecular complexity index is 591. The van der Waals surface area contributed by atoms with Gasteiger partial charge in [-0.15, -0.1) is 0 Å². The van der Waals surface area contributed by atoms with E-state index in [1.807, 2.05) is 56.0 Å². The number of hydrogen-bond acceptors (Lipinski definition) is 3. The highest BCUT2D eigenvalue weighted by molar-refractivity contribution is 5.86. The van der Waals surface area contributed by atoms with Crippen LogP contribution in [-0.4, -0.2) is 28.9 Å². The number of carbonyl (C=O) groups excluding carboxylic acids is 2. The van der Waals surface area contributed by atoms with Crippen LogP contribution in [0.15, 0.2) is 30.3 Å². The van der Waals surface area contributed by atoms with E-state index in [-0.39, 0.29) is 29.5 Å². The maximum absolute atomic E-state index is 12.6. The number of fused-ring (bicyclic) bond motifs is 2. The van der Waals surface area contributed by atoms with Crippen LogP contribution in [0.25, 0.3) is 0 Å². The number of ketones is 1. The average Bonchev–Trinajstić information content (AvgIpc) is 2.82. The van der Waals surface area contributed by atoms with Gasteiger partial charge in [-0.3, -0.25) is 4.79 Å². The first kappa shape index (κ1) is 17.0. The molecule has 0 aromatic heterocycles. The molecule has 4 nitrogen and oxygen atoms in total. The first-order chi connectivity index (χ1) is 11.4. The minimum absolute atomic E-state index is 0.0840. The molecule has 1 aromatic carbocycles. The molecule has 2 saturated heterocycles. The predicted octanol–water partition coefficient (Wildman–Crippen LogP) is 4.18. The van der Waals surface area contributed by atoms with Crippen LogP contribution in [-0.2, 0) is 16.1 Å². The van der Waals surface area contributed by atoms with Crippen LogP contribution in [0.4, 0.5) is 4.79 Å². The number of piperidine rings is 1. The quantitative estimate of drug-likeness (QED) is 0.835. The minimum atomic E-state index is -0.305. The van der Waals surface area contributed by atoms with Crippen molar-refractivity contribution in [2.45, 2.75) is 65.1 Å². The van der Waals surface area contributed by atoms with E-state index in [9.17, 15) is 9.59 Å². The maximum Gasteiger partial charge on any atom is 0.410 e. The summed E-state index contributed by atoms with van der Waals surface area (Å²) in [7, 11) is 0. The van der Waals surface area contributed by atoms with E-state index in [4.69, 9.17) is 4.74 Å². The number of rotatable bonds is 3. The van der Waals surface area contributed by atoms with Crippen LogP contribution in [0.3, 0.4) is 0 Å². The Kier molecular flexibility index (Phi) is 4.66. The fourth-order valence-electron chi connectivity index (χ4n) is 4.10. The second-order valence-electron chi connectivity index (χ2n) is 8.12. The van der Waals surface area contributed by atoms with Gasteiger partial charge in [-0.25, -0.2) is 4.79 Å². The van der Waals surface area contributed by atoms with Crippen molar-refractivity contribution in [2.24, 2.45) is 11.3 Å². The molecule has 4 heteroatoms. The van der Waals surface area contributed by atoms with E-state index in [2.05, 4.69) is 0 Å². The van der Waals surface area contributed by atoms with Gasteiger partial charge >= 0.3 is 6.09 Å². The summed E-state index contributed by atoms with van der Waals surface area (Å²) in [5.41, 5.74) is 0.691. The average molecular weight is 329 g/mol. The normalized spacial score (nSPS) is 26.3. The summed E-state index contributed by atoms with van der Waals surface area (Å²) >= 11 is 0. The molecule has 0 spiro atoms. The van der Waals surface area contributed by atoms with Crippen LogP contribution < -0.4 is 0 Å². The second-order valence-corrected chi connectivity index (χ2v) is 8.12. The molecule has 0 saturated carbocycles. The van der Waals surface area contributed by atoms with E-state index in [0.717, 1.165) is 31.2 Å². The van der Waals surface area contributed by atoms with Crippen molar-refractivity contribution < 1.29 is 14.3 Å². The zero-order valence-electron chi connectivity index (χ0n) is 14.8. The number of hydrogen-bond donors (Lipinski definition) is 0. The smallest absolute Gasteiger partial charge is 0.410 e. The molecule has 2 unspecified atom stereocenters. The van der Waals surface area contributed by atoms with Gasteiger partial charge < -0.3 is 9.64 Å². The largest absolute Gasteiger partial charge is 0.445 e. The standard InChI is InChI=1S/C20H27NO3/c1-20(2,3)18(22)15-11-16-9-10-17(12-15)21(16)19(23)24-13-14-7-5-4-6-8-14/h4-8,15-17H,9-13H2,1-3H3. The van der Waals surface area contributed by atoms with Gasteiger partial charge in [0.05, 0.1) is 0 Å². The second kappa shape index (κ2) is 6.58. The Balaban J connectivity index is 1.61. The molecule has 2 heterocycles. The van der Waals surface area contributed by atoms with E-state index in [0.29, 0.717) is 12.4 Å². The Morgan fingerprint density at radius 2 is 1.67 bits per heavy atom. The van der Waals surface area contributed by atoms with Crippen LogP contribution in [0.2, 0.25) is 0 Å². The summed E-state index contributed by atoms with van der Waals surface area (Å²) < 4.78 is 5.51. The van der Waals surface area contributed by atoms with Crippen molar-refractivity contribution in [3.05, 3.63) is 35.9 Å². The number of ether oxygens (including phenoxy) is 1. The molecule has 2 aliphatic heterocycles. The molecule has 2 aliphatic rings. The zero-order chi connectivity index (χ0) is 17.3. The Morgan fingerprint density at radius 1 is 1.08 bits per heavy atom. The van der Waals surface area contributed by atoms with Gasteiger partial charge in [0.2, 0.25) is 0 Å². The van der Waals surface area contributed by atoms with Crippen LogP contribution in [0.1, 0.15) is 52.0 Å². The molecule has 0 radical (unpaired) electrons. The van der Waals surface area contributed by atoms with E-state index in [1.54, 1.807) is 0 Å². The Morgan fingerprint density at radius 3 is 2.21 bits per heavy atom. The number of nitrogens with zero attached hydrogens (tertiary/aromatic N) is 1. The third-order valence-corrected chi connectivity index (χ3v) is 5.26. The lowest BCUT2D eigenvalue weighted by Crippen LogP contribution is -2.49. The SMILES string of the molecule is CC(C)(C)C(=O)C1CC2CCC(C1)N2C(=O)OCc1ccccc1. The van der Waals surface area contributed by atoms with Crippen molar-refractivity contribution in [3.8, 4) is 0 Å². The first-order valence-corrected chi connectivity index (χ1v) is 8.89. The first-order valence-electron chi connectivity index (χ1n) is 8.89. The number of carbonyl (C=O) groups is 2. The topological polar surface area (TPSA) is 46.6 Å². The summed E-state index contributed by atoms with van der Waals surface area (Å²) in [6.07, 6.45) is 3.31. The lowest BCUT2D eigenvalue weighted by Gasteiger charge is -2.39. The molecule has 1 amide bonds. The third-order valence-electron chi connectivity index (χ3n) is 5.26.